The van der Waals surface area contributed by atoms with Crippen LogP contribution in [0.4, 0.5) is 0 Å². The van der Waals surface area contributed by atoms with E-state index in [0.29, 0.717) is 11.4 Å². The van der Waals surface area contributed by atoms with Gasteiger partial charge in [0.2, 0.25) is 11.8 Å². The molecule has 0 bridgehead atoms. The molecule has 4 rings (SSSR count). The molecule has 200 valence electrons. The summed E-state index contributed by atoms with van der Waals surface area (Å²) < 4.78 is 0. The molecule has 4 aromatic rings. The molecule has 0 spiro atoms. The molecule has 0 aliphatic heterocycles. The van der Waals surface area contributed by atoms with E-state index in [1.54, 1.807) is 4.90 Å². The highest BCUT2D eigenvalue weighted by Crippen LogP contribution is 2.30. The Morgan fingerprint density at radius 3 is 1.79 bits per heavy atom. The largest absolute Gasteiger partial charge is 0.352 e. The van der Waals surface area contributed by atoms with Gasteiger partial charge in [-0.15, -0.1) is 0 Å². The fourth-order valence-electron chi connectivity index (χ4n) is 4.84. The second kappa shape index (κ2) is 13.8. The number of benzene rings is 4. The van der Waals surface area contributed by atoms with Crippen LogP contribution >= 0.6 is 11.6 Å². The maximum atomic E-state index is 14.3. The number of hydrogen-bond donors (Lipinski definition) is 1. The molecule has 1 N–H and O–H groups in total. The lowest BCUT2D eigenvalue weighted by molar-refractivity contribution is -0.141. The number of hydrogen-bond acceptors (Lipinski definition) is 2. The molecule has 0 aliphatic carbocycles. The lowest BCUT2D eigenvalue weighted by Crippen LogP contribution is -2.52. The molecule has 0 aliphatic rings. The summed E-state index contributed by atoms with van der Waals surface area (Å²) in [6, 6.07) is 36.7. The van der Waals surface area contributed by atoms with E-state index in [2.05, 4.69) is 29.6 Å². The van der Waals surface area contributed by atoms with Gasteiger partial charge < -0.3 is 10.2 Å². The Bertz CT molecular complexity index is 1300. The number of carbonyl (C=O) groups is 2. The fourth-order valence-corrected chi connectivity index (χ4v) is 5.03. The number of carbonyl (C=O) groups excluding carboxylic acids is 2. The van der Waals surface area contributed by atoms with Gasteiger partial charge in [-0.1, -0.05) is 121 Å². The van der Waals surface area contributed by atoms with Crippen LogP contribution in [0.2, 0.25) is 5.02 Å². The smallest absolute Gasteiger partial charge is 0.243 e. The zero-order valence-electron chi connectivity index (χ0n) is 22.5. The van der Waals surface area contributed by atoms with E-state index in [1.807, 2.05) is 105 Å². The molecule has 0 saturated carbocycles. The van der Waals surface area contributed by atoms with E-state index in [0.717, 1.165) is 22.3 Å². The van der Waals surface area contributed by atoms with Gasteiger partial charge in [0.25, 0.3) is 0 Å². The van der Waals surface area contributed by atoms with Crippen molar-refractivity contribution in [1.82, 2.24) is 10.2 Å². The van der Waals surface area contributed by atoms with Crippen LogP contribution in [0, 0.1) is 0 Å². The van der Waals surface area contributed by atoms with Crippen LogP contribution in [-0.4, -0.2) is 28.8 Å². The Morgan fingerprint density at radius 1 is 0.744 bits per heavy atom. The summed E-state index contributed by atoms with van der Waals surface area (Å²) in [6.45, 7) is 4.09. The van der Waals surface area contributed by atoms with Crippen LogP contribution < -0.4 is 5.32 Å². The van der Waals surface area contributed by atoms with Crippen molar-refractivity contribution in [2.45, 2.75) is 51.2 Å². The number of rotatable bonds is 11. The Labute approximate surface area is 236 Å². The molecule has 0 fully saturated rings. The summed E-state index contributed by atoms with van der Waals surface area (Å²) in [5.41, 5.74) is 3.90. The van der Waals surface area contributed by atoms with Gasteiger partial charge in [0.15, 0.2) is 0 Å². The van der Waals surface area contributed by atoms with Crippen molar-refractivity contribution in [3.05, 3.63) is 143 Å². The van der Waals surface area contributed by atoms with Gasteiger partial charge in [0.1, 0.15) is 6.04 Å². The van der Waals surface area contributed by atoms with Crippen molar-refractivity contribution in [3.63, 3.8) is 0 Å². The van der Waals surface area contributed by atoms with Crippen LogP contribution in [-0.2, 0) is 22.6 Å². The van der Waals surface area contributed by atoms with Crippen molar-refractivity contribution >= 4 is 23.4 Å². The Morgan fingerprint density at radius 2 is 1.26 bits per heavy atom. The minimum absolute atomic E-state index is 0.0607. The van der Waals surface area contributed by atoms with E-state index in [-0.39, 0.29) is 36.7 Å². The summed E-state index contributed by atoms with van der Waals surface area (Å²) in [4.78, 5) is 29.7. The topological polar surface area (TPSA) is 49.4 Å². The van der Waals surface area contributed by atoms with Crippen molar-refractivity contribution in [2.24, 2.45) is 0 Å². The predicted octanol–water partition coefficient (Wildman–Crippen LogP) is 7.03. The minimum atomic E-state index is -0.703. The molecular formula is C34H35ClN2O2. The molecular weight excluding hydrogens is 504 g/mol. The first kappa shape index (κ1) is 28.1. The maximum Gasteiger partial charge on any atom is 0.243 e. The molecule has 0 saturated heterocycles. The monoisotopic (exact) mass is 538 g/mol. The first-order chi connectivity index (χ1) is 18.9. The zero-order valence-corrected chi connectivity index (χ0v) is 23.2. The van der Waals surface area contributed by atoms with Crippen molar-refractivity contribution < 1.29 is 9.59 Å². The van der Waals surface area contributed by atoms with Gasteiger partial charge in [-0.05, 0) is 42.2 Å². The van der Waals surface area contributed by atoms with Gasteiger partial charge in [0.05, 0.1) is 0 Å². The Hall–Kier alpha value is -3.89. The highest BCUT2D eigenvalue weighted by molar-refractivity contribution is 6.31. The minimum Gasteiger partial charge on any atom is -0.352 e. The molecule has 4 aromatic carbocycles. The van der Waals surface area contributed by atoms with E-state index in [1.165, 1.54) is 0 Å². The van der Waals surface area contributed by atoms with Crippen molar-refractivity contribution in [3.8, 4) is 0 Å². The van der Waals surface area contributed by atoms with Gasteiger partial charge in [-0.3, -0.25) is 9.59 Å². The first-order valence-electron chi connectivity index (χ1n) is 13.4. The second-order valence-electron chi connectivity index (χ2n) is 10.1. The summed E-state index contributed by atoms with van der Waals surface area (Å²) in [5.74, 6) is -0.433. The zero-order chi connectivity index (χ0) is 27.6. The van der Waals surface area contributed by atoms with Gasteiger partial charge >= 0.3 is 0 Å². The standard InChI is InChI=1S/C34H35ClN2O2/c1-25(2)36-34(39)32(22-26-14-6-3-7-15-26)37(24-29-20-12-13-21-31(29)35)33(38)23-30(27-16-8-4-9-17-27)28-18-10-5-11-19-28/h3-21,25,30,32H,22-24H2,1-2H3,(H,36,39)/t32-/m0/s1. The highest BCUT2D eigenvalue weighted by atomic mass is 35.5. The van der Waals surface area contributed by atoms with Gasteiger partial charge in [-0.25, -0.2) is 0 Å². The van der Waals surface area contributed by atoms with Crippen LogP contribution in [0.3, 0.4) is 0 Å². The van der Waals surface area contributed by atoms with E-state index >= 15 is 0 Å². The van der Waals surface area contributed by atoms with Crippen LogP contribution in [0.5, 0.6) is 0 Å². The van der Waals surface area contributed by atoms with E-state index in [9.17, 15) is 9.59 Å². The molecule has 39 heavy (non-hydrogen) atoms. The molecule has 5 heteroatoms. The maximum absolute atomic E-state index is 14.3. The van der Waals surface area contributed by atoms with Gasteiger partial charge in [-0.2, -0.15) is 0 Å². The third-order valence-electron chi connectivity index (χ3n) is 6.78. The molecule has 0 radical (unpaired) electrons. The third kappa shape index (κ3) is 7.81. The predicted molar refractivity (Wildman–Crippen MR) is 159 cm³/mol. The van der Waals surface area contributed by atoms with Crippen LogP contribution in [0.15, 0.2) is 115 Å². The number of amides is 2. The Kier molecular flexibility index (Phi) is 9.93. The second-order valence-corrected chi connectivity index (χ2v) is 10.5. The third-order valence-corrected chi connectivity index (χ3v) is 7.15. The summed E-state index contributed by atoms with van der Waals surface area (Å²) in [7, 11) is 0. The highest BCUT2D eigenvalue weighted by Gasteiger charge is 2.32. The van der Waals surface area contributed by atoms with Crippen molar-refractivity contribution in [1.29, 1.82) is 0 Å². The first-order valence-corrected chi connectivity index (χ1v) is 13.8. The van der Waals surface area contributed by atoms with E-state index < -0.39 is 6.04 Å². The summed E-state index contributed by atoms with van der Waals surface area (Å²) in [5, 5.41) is 3.62. The molecule has 0 unspecified atom stereocenters. The number of nitrogens with one attached hydrogen (secondary N) is 1. The normalized spacial score (nSPS) is 11.8. The lowest BCUT2D eigenvalue weighted by Gasteiger charge is -2.33. The molecule has 0 heterocycles. The quantitative estimate of drug-likeness (QED) is 0.223. The average Bonchev–Trinajstić information content (AvgIpc) is 2.95. The molecule has 2 amide bonds. The molecule has 1 atom stereocenters. The molecule has 0 aromatic heterocycles. The number of halogens is 1. The SMILES string of the molecule is CC(C)NC(=O)[C@H](Cc1ccccc1)N(Cc1ccccc1Cl)C(=O)CC(c1ccccc1)c1ccccc1. The lowest BCUT2D eigenvalue weighted by atomic mass is 9.87. The summed E-state index contributed by atoms with van der Waals surface area (Å²) in [6.07, 6.45) is 0.621. The summed E-state index contributed by atoms with van der Waals surface area (Å²) >= 11 is 6.56. The van der Waals surface area contributed by atoms with Gasteiger partial charge in [0, 0.05) is 36.4 Å². The van der Waals surface area contributed by atoms with Crippen LogP contribution in [0.1, 0.15) is 48.4 Å². The Balaban J connectivity index is 1.74. The van der Waals surface area contributed by atoms with Crippen LogP contribution in [0.25, 0.3) is 0 Å². The number of nitrogens with zero attached hydrogens (tertiary/aromatic N) is 1. The average molecular weight is 539 g/mol. The van der Waals surface area contributed by atoms with E-state index in [4.69, 9.17) is 11.6 Å². The molecule has 4 nitrogen and oxygen atoms in total. The van der Waals surface area contributed by atoms with Crippen molar-refractivity contribution in [2.75, 3.05) is 0 Å². The fraction of sp³-hybridized carbons (Fsp3) is 0.235.